The van der Waals surface area contributed by atoms with Crippen LogP contribution in [-0.2, 0) is 14.2 Å². The second-order valence-corrected chi connectivity index (χ2v) is 2.98. The summed E-state index contributed by atoms with van der Waals surface area (Å²) in [6.45, 7) is 0.378. The molecule has 1 rings (SSSR count). The van der Waals surface area contributed by atoms with Crippen molar-refractivity contribution in [3.05, 3.63) is 0 Å². The van der Waals surface area contributed by atoms with Crippen LogP contribution in [0.3, 0.4) is 0 Å². The highest BCUT2D eigenvalue weighted by atomic mass is 19.1. The Morgan fingerprint density at radius 1 is 1.50 bits per heavy atom. The van der Waals surface area contributed by atoms with Gasteiger partial charge < -0.3 is 14.2 Å². The molecule has 1 aliphatic rings. The average molecular weight is 176 g/mol. The van der Waals surface area contributed by atoms with Crippen LogP contribution in [0.15, 0.2) is 0 Å². The third-order valence-corrected chi connectivity index (χ3v) is 2.12. The molecular formula is C7H14BFO3. The van der Waals surface area contributed by atoms with Gasteiger partial charge in [0.15, 0.2) is 0 Å². The smallest absolute Gasteiger partial charge is 0.147 e. The lowest BCUT2D eigenvalue weighted by molar-refractivity contribution is -0.0351. The average Bonchev–Trinajstić information content (AvgIpc) is 2.29. The van der Waals surface area contributed by atoms with Crippen molar-refractivity contribution in [2.24, 2.45) is 0 Å². The predicted octanol–water partition coefficient (Wildman–Crippen LogP) is -0.656. The third kappa shape index (κ3) is 1.78. The molecule has 3 nitrogen and oxygen atoms in total. The lowest BCUT2D eigenvalue weighted by Crippen LogP contribution is -2.33. The van der Waals surface area contributed by atoms with Gasteiger partial charge in [0.05, 0.1) is 12.6 Å². The van der Waals surface area contributed by atoms with E-state index in [1.54, 1.807) is 15.0 Å². The quantitative estimate of drug-likeness (QED) is 0.534. The number of halogens is 1. The second kappa shape index (κ2) is 4.21. The first-order valence-corrected chi connectivity index (χ1v) is 4.02. The van der Waals surface area contributed by atoms with Crippen molar-refractivity contribution in [3.63, 3.8) is 0 Å². The molecule has 0 amide bonds. The van der Waals surface area contributed by atoms with Gasteiger partial charge in [-0.3, -0.25) is 0 Å². The van der Waals surface area contributed by atoms with Gasteiger partial charge in [0.2, 0.25) is 0 Å². The highest BCUT2D eigenvalue weighted by Gasteiger charge is 2.42. The molecule has 0 N–H and O–H groups in total. The molecule has 0 radical (unpaired) electrons. The Kier molecular flexibility index (Phi) is 3.49. The number of methoxy groups -OCH3 is 2. The van der Waals surface area contributed by atoms with Crippen LogP contribution in [0.2, 0.25) is 0 Å². The van der Waals surface area contributed by atoms with Gasteiger partial charge >= 0.3 is 0 Å². The zero-order chi connectivity index (χ0) is 9.14. The van der Waals surface area contributed by atoms with Crippen molar-refractivity contribution < 1.29 is 18.6 Å². The summed E-state index contributed by atoms with van der Waals surface area (Å²) in [4.78, 5) is 0. The number of rotatable bonds is 3. The first-order chi connectivity index (χ1) is 5.70. The van der Waals surface area contributed by atoms with E-state index >= 15 is 0 Å². The lowest BCUT2D eigenvalue weighted by Gasteiger charge is -2.16. The van der Waals surface area contributed by atoms with Gasteiger partial charge in [-0.05, 0) is 0 Å². The summed E-state index contributed by atoms with van der Waals surface area (Å²) in [6.07, 6.45) is -1.81. The van der Waals surface area contributed by atoms with Gasteiger partial charge in [-0.15, -0.1) is 0 Å². The first-order valence-electron chi connectivity index (χ1n) is 4.02. The Morgan fingerprint density at radius 2 is 2.17 bits per heavy atom. The molecule has 0 bridgehead atoms. The van der Waals surface area contributed by atoms with Crippen molar-refractivity contribution in [2.75, 3.05) is 20.8 Å². The Morgan fingerprint density at radius 3 is 2.67 bits per heavy atom. The van der Waals surface area contributed by atoms with Crippen LogP contribution in [-0.4, -0.2) is 53.1 Å². The molecule has 0 unspecified atom stereocenters. The molecule has 1 heterocycles. The number of hydrogen-bond donors (Lipinski definition) is 0. The molecule has 70 valence electrons. The minimum atomic E-state index is -1.05. The maximum Gasteiger partial charge on any atom is 0.147 e. The number of hydrogen-bond acceptors (Lipinski definition) is 3. The topological polar surface area (TPSA) is 27.7 Å². The minimum absolute atomic E-state index is 0.273. The second-order valence-electron chi connectivity index (χ2n) is 2.98. The summed E-state index contributed by atoms with van der Waals surface area (Å²) < 4.78 is 28.4. The van der Waals surface area contributed by atoms with E-state index in [4.69, 9.17) is 14.2 Å². The highest BCUT2D eigenvalue weighted by molar-refractivity contribution is 6.11. The molecule has 12 heavy (non-hydrogen) atoms. The monoisotopic (exact) mass is 176 g/mol. The molecule has 0 aromatic heterocycles. The summed E-state index contributed by atoms with van der Waals surface area (Å²) in [5, 5.41) is 0. The van der Waals surface area contributed by atoms with E-state index in [0.29, 0.717) is 6.61 Å². The number of ether oxygens (including phenoxy) is 3. The van der Waals surface area contributed by atoms with Crippen LogP contribution in [0.25, 0.3) is 0 Å². The van der Waals surface area contributed by atoms with Gasteiger partial charge in [-0.25, -0.2) is 4.39 Å². The van der Waals surface area contributed by atoms with Crippen molar-refractivity contribution >= 4 is 7.85 Å². The molecule has 0 spiro atoms. The van der Waals surface area contributed by atoms with Crippen molar-refractivity contribution in [1.82, 2.24) is 0 Å². The van der Waals surface area contributed by atoms with Crippen LogP contribution in [0.5, 0.6) is 0 Å². The van der Waals surface area contributed by atoms with E-state index in [1.165, 1.54) is 7.11 Å². The van der Waals surface area contributed by atoms with Gasteiger partial charge in [0.25, 0.3) is 0 Å². The Hall–Kier alpha value is -0.125. The molecule has 0 aromatic carbocycles. The molecule has 1 fully saturated rings. The van der Waals surface area contributed by atoms with Crippen LogP contribution >= 0.6 is 0 Å². The van der Waals surface area contributed by atoms with E-state index in [1.807, 2.05) is 0 Å². The summed E-state index contributed by atoms with van der Waals surface area (Å²) >= 11 is 0. The Balaban J connectivity index is 2.52. The maximum absolute atomic E-state index is 13.2. The Bertz CT molecular complexity index is 147. The van der Waals surface area contributed by atoms with Gasteiger partial charge in [0, 0.05) is 14.2 Å². The summed E-state index contributed by atoms with van der Waals surface area (Å²) in [7, 11) is 4.75. The zero-order valence-electron chi connectivity index (χ0n) is 7.62. The van der Waals surface area contributed by atoms with E-state index < -0.39 is 18.3 Å². The maximum atomic E-state index is 13.2. The molecule has 1 saturated heterocycles. The van der Waals surface area contributed by atoms with Gasteiger partial charge in [-0.2, -0.15) is 0 Å². The fourth-order valence-electron chi connectivity index (χ4n) is 1.48. The van der Waals surface area contributed by atoms with Crippen LogP contribution in [0, 0.1) is 0 Å². The highest BCUT2D eigenvalue weighted by Crippen LogP contribution is 2.24. The fraction of sp³-hybridized carbons (Fsp3) is 1.00. The lowest BCUT2D eigenvalue weighted by atomic mass is 9.94. The van der Waals surface area contributed by atoms with Crippen molar-refractivity contribution in [1.29, 1.82) is 0 Å². The van der Waals surface area contributed by atoms with E-state index in [-0.39, 0.29) is 6.10 Å². The van der Waals surface area contributed by atoms with Gasteiger partial charge in [-0.1, -0.05) is 0 Å². The van der Waals surface area contributed by atoms with Crippen molar-refractivity contribution in [2.45, 2.75) is 24.4 Å². The number of alkyl halides is 1. The van der Waals surface area contributed by atoms with Crippen LogP contribution < -0.4 is 0 Å². The predicted molar refractivity (Wildman–Crippen MR) is 44.8 cm³/mol. The van der Waals surface area contributed by atoms with E-state index in [9.17, 15) is 4.39 Å². The fourth-order valence-corrected chi connectivity index (χ4v) is 1.48. The van der Waals surface area contributed by atoms with Crippen molar-refractivity contribution in [3.8, 4) is 0 Å². The van der Waals surface area contributed by atoms with E-state index in [2.05, 4.69) is 0 Å². The molecule has 1 aliphatic heterocycles. The summed E-state index contributed by atoms with van der Waals surface area (Å²) in [5.41, 5.74) is 0. The minimum Gasteiger partial charge on any atom is -0.382 e. The van der Waals surface area contributed by atoms with Crippen LogP contribution in [0.4, 0.5) is 4.39 Å². The summed E-state index contributed by atoms with van der Waals surface area (Å²) in [6, 6.07) is -0.393. The SMILES string of the molecule is B[C@@H]1O[C@H](COC)[C@@H](OC)[C@H]1F. The summed E-state index contributed by atoms with van der Waals surface area (Å²) in [5.74, 6) is 0. The largest absolute Gasteiger partial charge is 0.382 e. The Labute approximate surface area is 72.6 Å². The molecular weight excluding hydrogens is 162 g/mol. The standard InChI is InChI=1S/C7H14BFO3/c1-10-3-4-6(11-2)5(9)7(8)12-4/h4-7H,3,8H2,1-2H3/t4-,5-,6-,7-/m1/s1. The van der Waals surface area contributed by atoms with Gasteiger partial charge in [0.1, 0.15) is 26.2 Å². The van der Waals surface area contributed by atoms with Crippen LogP contribution in [0.1, 0.15) is 0 Å². The molecule has 0 aliphatic carbocycles. The molecule has 0 aromatic rings. The normalized spacial score (nSPS) is 41.9. The molecule has 0 saturated carbocycles. The third-order valence-electron chi connectivity index (χ3n) is 2.12. The zero-order valence-corrected chi connectivity index (χ0v) is 7.62. The molecule has 5 heteroatoms. The van der Waals surface area contributed by atoms with E-state index in [0.717, 1.165) is 0 Å². The first kappa shape index (κ1) is 9.96. The molecule has 4 atom stereocenters.